The molecule has 2 N–H and O–H groups in total. The van der Waals surface area contributed by atoms with Crippen LogP contribution in [0.3, 0.4) is 0 Å². The second-order valence-corrected chi connectivity index (χ2v) is 8.19. The first-order valence-electron chi connectivity index (χ1n) is 10.5. The topological polar surface area (TPSA) is 65.0 Å². The van der Waals surface area contributed by atoms with Gasteiger partial charge in [0.05, 0.1) is 0 Å². The summed E-state index contributed by atoms with van der Waals surface area (Å²) in [5.74, 6) is 1.94. The monoisotopic (exact) mass is 388 g/mol. The Morgan fingerprint density at radius 2 is 2.04 bits per heavy atom. The van der Waals surface area contributed by atoms with Crippen molar-refractivity contribution < 1.29 is 4.74 Å². The van der Waals surface area contributed by atoms with Gasteiger partial charge in [-0.25, -0.2) is 4.98 Å². The molecule has 2 aliphatic rings. The number of nitrogens with zero attached hydrogens (tertiary/aromatic N) is 4. The number of aliphatic imine (C=N–C) groups is 1. The van der Waals surface area contributed by atoms with Crippen molar-refractivity contribution in [2.45, 2.75) is 32.2 Å². The maximum Gasteiger partial charge on any atom is 0.191 e. The van der Waals surface area contributed by atoms with Crippen molar-refractivity contribution in [2.24, 2.45) is 10.4 Å². The number of nitrogens with one attached hydrogen (secondary N) is 2. The van der Waals surface area contributed by atoms with Gasteiger partial charge >= 0.3 is 0 Å². The van der Waals surface area contributed by atoms with E-state index in [4.69, 9.17) is 4.74 Å². The van der Waals surface area contributed by atoms with E-state index in [-0.39, 0.29) is 0 Å². The van der Waals surface area contributed by atoms with Crippen molar-refractivity contribution in [3.05, 3.63) is 23.9 Å². The normalized spacial score (nSPS) is 20.0. The lowest BCUT2D eigenvalue weighted by atomic mass is 9.67. The molecule has 1 saturated carbocycles. The average molecular weight is 389 g/mol. The zero-order valence-corrected chi connectivity index (χ0v) is 17.7. The summed E-state index contributed by atoms with van der Waals surface area (Å²) in [6.07, 6.45) is 6.91. The highest BCUT2D eigenvalue weighted by atomic mass is 16.5. The molecule has 0 spiro atoms. The van der Waals surface area contributed by atoms with Crippen molar-refractivity contribution in [3.63, 3.8) is 0 Å². The first-order valence-corrected chi connectivity index (χ1v) is 10.5. The maximum atomic E-state index is 5.29. The fourth-order valence-electron chi connectivity index (χ4n) is 3.97. The van der Waals surface area contributed by atoms with Crippen molar-refractivity contribution in [1.82, 2.24) is 20.5 Å². The lowest BCUT2D eigenvalue weighted by Gasteiger charge is -2.42. The van der Waals surface area contributed by atoms with Gasteiger partial charge in [-0.3, -0.25) is 4.99 Å². The number of piperazine rings is 1. The summed E-state index contributed by atoms with van der Waals surface area (Å²) < 4.78 is 5.29. The minimum absolute atomic E-state index is 0.374. The highest BCUT2D eigenvalue weighted by Gasteiger charge is 2.36. The summed E-state index contributed by atoms with van der Waals surface area (Å²) in [5, 5.41) is 6.98. The summed E-state index contributed by atoms with van der Waals surface area (Å²) in [4.78, 5) is 13.7. The van der Waals surface area contributed by atoms with Gasteiger partial charge in [-0.15, -0.1) is 0 Å². The Bertz CT molecular complexity index is 638. The van der Waals surface area contributed by atoms with Crippen LogP contribution in [0.15, 0.2) is 23.3 Å². The molecule has 156 valence electrons. The molecule has 0 unspecified atom stereocenters. The van der Waals surface area contributed by atoms with E-state index in [1.165, 1.54) is 24.8 Å². The van der Waals surface area contributed by atoms with E-state index < -0.39 is 0 Å². The standard InChI is InChI=1S/C21H36N6O/c1-22-20(25-17-21(6-4-7-21)8-14-28-3)24-16-18-5-9-23-19(15-18)27-12-10-26(2)11-13-27/h5,9,15H,4,6-8,10-14,16-17H2,1-3H3,(H2,22,24,25). The third-order valence-electron chi connectivity index (χ3n) is 6.20. The minimum Gasteiger partial charge on any atom is -0.385 e. The molecule has 1 saturated heterocycles. The van der Waals surface area contributed by atoms with Crippen LogP contribution in [0.4, 0.5) is 5.82 Å². The first-order chi connectivity index (χ1) is 13.6. The molecule has 0 atom stereocenters. The highest BCUT2D eigenvalue weighted by molar-refractivity contribution is 5.79. The molecule has 3 rings (SSSR count). The Kier molecular flexibility index (Phi) is 7.50. The maximum absolute atomic E-state index is 5.29. The Balaban J connectivity index is 1.49. The van der Waals surface area contributed by atoms with Crippen LogP contribution >= 0.6 is 0 Å². The van der Waals surface area contributed by atoms with E-state index in [1.807, 2.05) is 13.2 Å². The van der Waals surface area contributed by atoms with Crippen LogP contribution in [-0.4, -0.2) is 76.4 Å². The predicted molar refractivity (Wildman–Crippen MR) is 115 cm³/mol. The number of hydrogen-bond donors (Lipinski definition) is 2. The molecule has 0 bridgehead atoms. The third kappa shape index (κ3) is 5.58. The fourth-order valence-corrected chi connectivity index (χ4v) is 3.97. The number of rotatable bonds is 8. The van der Waals surface area contributed by atoms with E-state index in [9.17, 15) is 0 Å². The number of likely N-dealkylation sites (N-methyl/N-ethyl adjacent to an activating group) is 1. The molecule has 1 aliphatic heterocycles. The summed E-state index contributed by atoms with van der Waals surface area (Å²) in [7, 11) is 5.79. The molecule has 1 aliphatic carbocycles. The summed E-state index contributed by atoms with van der Waals surface area (Å²) >= 11 is 0. The smallest absolute Gasteiger partial charge is 0.191 e. The van der Waals surface area contributed by atoms with Crippen LogP contribution in [0, 0.1) is 5.41 Å². The number of aromatic nitrogens is 1. The van der Waals surface area contributed by atoms with Crippen molar-refractivity contribution in [1.29, 1.82) is 0 Å². The van der Waals surface area contributed by atoms with Gasteiger partial charge in [0.15, 0.2) is 5.96 Å². The molecule has 7 heteroatoms. The first kappa shape index (κ1) is 20.9. The van der Waals surface area contributed by atoms with Crippen LogP contribution in [0.5, 0.6) is 0 Å². The van der Waals surface area contributed by atoms with Gasteiger partial charge in [-0.1, -0.05) is 6.42 Å². The number of hydrogen-bond acceptors (Lipinski definition) is 5. The van der Waals surface area contributed by atoms with Crippen LogP contribution < -0.4 is 15.5 Å². The summed E-state index contributed by atoms with van der Waals surface area (Å²) in [6, 6.07) is 4.27. The van der Waals surface area contributed by atoms with Crippen molar-refractivity contribution >= 4 is 11.8 Å². The van der Waals surface area contributed by atoms with Crippen molar-refractivity contribution in [3.8, 4) is 0 Å². The predicted octanol–water partition coefficient (Wildman–Crippen LogP) is 1.71. The molecule has 1 aromatic rings. The highest BCUT2D eigenvalue weighted by Crippen LogP contribution is 2.43. The molecule has 28 heavy (non-hydrogen) atoms. The van der Waals surface area contributed by atoms with Crippen molar-refractivity contribution in [2.75, 3.05) is 65.4 Å². The van der Waals surface area contributed by atoms with E-state index in [1.54, 1.807) is 7.11 Å². The van der Waals surface area contributed by atoms with Gasteiger partial charge in [-0.05, 0) is 49.4 Å². The van der Waals surface area contributed by atoms with Gasteiger partial charge in [-0.2, -0.15) is 0 Å². The Hall–Kier alpha value is -1.86. The Morgan fingerprint density at radius 1 is 1.25 bits per heavy atom. The molecular weight excluding hydrogens is 352 g/mol. The second kappa shape index (κ2) is 10.1. The Morgan fingerprint density at radius 3 is 2.68 bits per heavy atom. The quantitative estimate of drug-likeness (QED) is 0.522. The number of anilines is 1. The van der Waals surface area contributed by atoms with Crippen LogP contribution in [0.1, 0.15) is 31.2 Å². The van der Waals surface area contributed by atoms with Gasteiger partial charge < -0.3 is 25.2 Å². The fraction of sp³-hybridized carbons (Fsp3) is 0.714. The lowest BCUT2D eigenvalue weighted by molar-refractivity contribution is 0.0732. The molecule has 0 aromatic carbocycles. The zero-order chi connectivity index (χ0) is 19.8. The zero-order valence-electron chi connectivity index (χ0n) is 17.7. The SMILES string of the molecule is CN=C(NCc1ccnc(N2CCN(C)CC2)c1)NCC1(CCOC)CCC1. The third-order valence-corrected chi connectivity index (χ3v) is 6.20. The number of pyridine rings is 1. The van der Waals surface area contributed by atoms with E-state index in [2.05, 4.69) is 49.6 Å². The van der Waals surface area contributed by atoms with E-state index in [0.29, 0.717) is 5.41 Å². The van der Waals surface area contributed by atoms with E-state index in [0.717, 1.165) is 64.1 Å². The summed E-state index contributed by atoms with van der Waals surface area (Å²) in [5.41, 5.74) is 1.60. The molecular formula is C21H36N6O. The van der Waals surface area contributed by atoms with Gasteiger partial charge in [0.1, 0.15) is 5.82 Å². The molecule has 0 amide bonds. The lowest BCUT2D eigenvalue weighted by Crippen LogP contribution is -2.46. The Labute approximate surface area is 169 Å². The molecule has 2 fully saturated rings. The number of methoxy groups -OCH3 is 1. The minimum atomic E-state index is 0.374. The van der Waals surface area contributed by atoms with E-state index >= 15 is 0 Å². The largest absolute Gasteiger partial charge is 0.385 e. The number of guanidine groups is 1. The van der Waals surface area contributed by atoms with Gasteiger partial charge in [0, 0.05) is 66.2 Å². The molecule has 2 heterocycles. The number of ether oxygens (including phenoxy) is 1. The van der Waals surface area contributed by atoms with Crippen LogP contribution in [-0.2, 0) is 11.3 Å². The molecule has 0 radical (unpaired) electrons. The van der Waals surface area contributed by atoms with Gasteiger partial charge in [0.25, 0.3) is 0 Å². The van der Waals surface area contributed by atoms with Gasteiger partial charge in [0.2, 0.25) is 0 Å². The van der Waals surface area contributed by atoms with Crippen LogP contribution in [0.25, 0.3) is 0 Å². The summed E-state index contributed by atoms with van der Waals surface area (Å²) in [6.45, 7) is 6.78. The van der Waals surface area contributed by atoms with Crippen LogP contribution in [0.2, 0.25) is 0 Å². The molecule has 1 aromatic heterocycles. The molecule has 7 nitrogen and oxygen atoms in total. The second-order valence-electron chi connectivity index (χ2n) is 8.19. The average Bonchev–Trinajstić information content (AvgIpc) is 2.70.